The van der Waals surface area contributed by atoms with Gasteiger partial charge in [0.25, 0.3) is 0 Å². The number of halogens is 1. The molecular formula is C30H31ClN2O5. The van der Waals surface area contributed by atoms with Crippen LogP contribution in [0.4, 0.5) is 5.69 Å². The summed E-state index contributed by atoms with van der Waals surface area (Å²) in [4.78, 5) is 17.6. The fraction of sp³-hybridized carbons (Fsp3) is 0.200. The lowest BCUT2D eigenvalue weighted by Crippen LogP contribution is -2.10. The molecule has 3 aromatic carbocycles. The molecule has 1 aromatic heterocycles. The van der Waals surface area contributed by atoms with E-state index in [1.165, 1.54) is 20.3 Å². The third kappa shape index (κ3) is 6.43. The number of methoxy groups -OCH3 is 2. The molecule has 4 rings (SSSR count). The summed E-state index contributed by atoms with van der Waals surface area (Å²) in [5.74, 6) is 0.0356. The van der Waals surface area contributed by atoms with Crippen molar-refractivity contribution in [3.63, 3.8) is 0 Å². The zero-order valence-corrected chi connectivity index (χ0v) is 22.8. The number of benzene rings is 3. The lowest BCUT2D eigenvalue weighted by molar-refractivity contribution is -0.111. The van der Waals surface area contributed by atoms with E-state index < -0.39 is 0 Å². The van der Waals surface area contributed by atoms with Crippen LogP contribution in [-0.4, -0.2) is 41.9 Å². The Labute approximate surface area is 227 Å². The number of rotatable bonds is 6. The van der Waals surface area contributed by atoms with Crippen LogP contribution in [0.3, 0.4) is 0 Å². The number of ether oxygens (including phenoxy) is 2. The average Bonchev–Trinajstić information content (AvgIpc) is 2.89. The highest BCUT2D eigenvalue weighted by atomic mass is 35.5. The highest BCUT2D eigenvalue weighted by molar-refractivity contribution is 6.34. The van der Waals surface area contributed by atoms with Gasteiger partial charge in [-0.05, 0) is 62.2 Å². The van der Waals surface area contributed by atoms with Crippen LogP contribution >= 0.6 is 11.6 Å². The highest BCUT2D eigenvalue weighted by Crippen LogP contribution is 2.40. The monoisotopic (exact) mass is 534 g/mol. The fourth-order valence-electron chi connectivity index (χ4n) is 4.07. The minimum atomic E-state index is -0.352. The number of nitrogens with one attached hydrogen (secondary N) is 1. The summed E-state index contributed by atoms with van der Waals surface area (Å²) in [7, 11) is 2.89. The summed E-state index contributed by atoms with van der Waals surface area (Å²) in [6.07, 6.45) is 4.66. The molecule has 1 amide bonds. The Bertz CT molecular complexity index is 1460. The molecule has 38 heavy (non-hydrogen) atoms. The van der Waals surface area contributed by atoms with E-state index in [2.05, 4.69) is 22.4 Å². The SMILES string of the molecule is CCO.COc1cc(/C=C/C(=O)Nc2cnc3c(C)cc(C)cc3c2-c2ccccc2Cl)cc(OC)c1O. The summed E-state index contributed by atoms with van der Waals surface area (Å²) in [6.45, 7) is 5.97. The molecule has 0 spiro atoms. The molecule has 0 aliphatic heterocycles. The number of aliphatic hydroxyl groups is 1. The largest absolute Gasteiger partial charge is 0.502 e. The van der Waals surface area contributed by atoms with E-state index in [1.807, 2.05) is 38.1 Å². The number of carbonyl (C=O) groups is 1. The molecule has 0 saturated heterocycles. The number of aliphatic hydroxyl groups excluding tert-OH is 1. The van der Waals surface area contributed by atoms with Gasteiger partial charge in [-0.1, -0.05) is 41.4 Å². The number of aromatic hydroxyl groups is 1. The maximum absolute atomic E-state index is 12.9. The summed E-state index contributed by atoms with van der Waals surface area (Å²) in [6, 6.07) is 14.9. The smallest absolute Gasteiger partial charge is 0.248 e. The molecule has 8 heteroatoms. The minimum Gasteiger partial charge on any atom is -0.502 e. The highest BCUT2D eigenvalue weighted by Gasteiger charge is 2.17. The Morgan fingerprint density at radius 1 is 1.08 bits per heavy atom. The Balaban J connectivity index is 0.00000127. The zero-order chi connectivity index (χ0) is 27.8. The predicted octanol–water partition coefficient (Wildman–Crippen LogP) is 6.55. The van der Waals surface area contributed by atoms with Gasteiger partial charge in [-0.25, -0.2) is 0 Å². The van der Waals surface area contributed by atoms with Crippen molar-refractivity contribution in [3.8, 4) is 28.4 Å². The molecule has 4 aromatic rings. The van der Waals surface area contributed by atoms with Crippen molar-refractivity contribution < 1.29 is 24.5 Å². The lowest BCUT2D eigenvalue weighted by atomic mass is 9.96. The topological polar surface area (TPSA) is 101 Å². The van der Waals surface area contributed by atoms with Crippen LogP contribution in [0.15, 0.2) is 60.8 Å². The van der Waals surface area contributed by atoms with Crippen molar-refractivity contribution in [3.05, 3.63) is 82.5 Å². The second-order valence-corrected chi connectivity index (χ2v) is 8.82. The van der Waals surface area contributed by atoms with Crippen LogP contribution in [0.1, 0.15) is 23.6 Å². The van der Waals surface area contributed by atoms with Crippen LogP contribution in [0.25, 0.3) is 28.1 Å². The van der Waals surface area contributed by atoms with Crippen LogP contribution in [0, 0.1) is 13.8 Å². The van der Waals surface area contributed by atoms with Crippen molar-refractivity contribution in [2.24, 2.45) is 0 Å². The van der Waals surface area contributed by atoms with Gasteiger partial charge in [-0.2, -0.15) is 0 Å². The van der Waals surface area contributed by atoms with Crippen LogP contribution in [-0.2, 0) is 4.79 Å². The predicted molar refractivity (Wildman–Crippen MR) is 153 cm³/mol. The molecule has 0 radical (unpaired) electrons. The summed E-state index contributed by atoms with van der Waals surface area (Å²) in [5, 5.41) is 22.1. The average molecular weight is 535 g/mol. The van der Waals surface area contributed by atoms with E-state index in [0.717, 1.165) is 33.2 Å². The molecule has 198 valence electrons. The van der Waals surface area contributed by atoms with Gasteiger partial charge in [0, 0.05) is 34.2 Å². The van der Waals surface area contributed by atoms with Crippen molar-refractivity contribution >= 4 is 40.2 Å². The number of phenolic OH excluding ortho intramolecular Hbond substituents is 1. The molecule has 0 aliphatic rings. The number of hydrogen-bond donors (Lipinski definition) is 3. The first-order valence-corrected chi connectivity index (χ1v) is 12.3. The molecule has 0 atom stereocenters. The van der Waals surface area contributed by atoms with E-state index in [0.29, 0.717) is 16.3 Å². The molecule has 0 fully saturated rings. The number of fused-ring (bicyclic) bond motifs is 1. The number of amides is 1. The van der Waals surface area contributed by atoms with Crippen molar-refractivity contribution in [1.29, 1.82) is 0 Å². The van der Waals surface area contributed by atoms with Crippen molar-refractivity contribution in [1.82, 2.24) is 4.98 Å². The number of phenols is 1. The molecule has 7 nitrogen and oxygen atoms in total. The quantitative estimate of drug-likeness (QED) is 0.243. The normalized spacial score (nSPS) is 10.7. The number of aromatic nitrogens is 1. The van der Waals surface area contributed by atoms with E-state index in [1.54, 1.807) is 31.3 Å². The Kier molecular flexibility index (Phi) is 9.71. The Morgan fingerprint density at radius 3 is 2.32 bits per heavy atom. The number of hydrogen-bond acceptors (Lipinski definition) is 6. The summed E-state index contributed by atoms with van der Waals surface area (Å²) in [5.41, 5.74) is 5.76. The van der Waals surface area contributed by atoms with E-state index >= 15 is 0 Å². The molecule has 0 aliphatic carbocycles. The van der Waals surface area contributed by atoms with Gasteiger partial charge in [-0.3, -0.25) is 9.78 Å². The fourth-order valence-corrected chi connectivity index (χ4v) is 4.30. The molecule has 1 heterocycles. The maximum Gasteiger partial charge on any atom is 0.248 e. The van der Waals surface area contributed by atoms with E-state index in [9.17, 15) is 9.90 Å². The van der Waals surface area contributed by atoms with Gasteiger partial charge >= 0.3 is 0 Å². The Morgan fingerprint density at radius 2 is 1.71 bits per heavy atom. The van der Waals surface area contributed by atoms with Crippen molar-refractivity contribution in [2.75, 3.05) is 26.1 Å². The second-order valence-electron chi connectivity index (χ2n) is 8.42. The van der Waals surface area contributed by atoms with Crippen LogP contribution < -0.4 is 14.8 Å². The number of aryl methyl sites for hydroxylation is 2. The second kappa shape index (κ2) is 12.9. The van der Waals surface area contributed by atoms with Gasteiger partial charge in [-0.15, -0.1) is 0 Å². The standard InChI is InChI=1S/C28H25ClN2O4.C2H6O/c1-16-11-17(2)27-20(12-16)26(19-7-5-6-8-21(19)29)22(15-30-27)31-25(32)10-9-18-13-23(34-3)28(33)24(14-18)35-4;1-2-3/h5-15,33H,1-4H3,(H,31,32);3H,2H2,1H3/b10-9+;. The number of anilines is 1. The lowest BCUT2D eigenvalue weighted by Gasteiger charge is -2.16. The number of pyridine rings is 1. The molecule has 0 saturated carbocycles. The van der Waals surface area contributed by atoms with Crippen molar-refractivity contribution in [2.45, 2.75) is 20.8 Å². The van der Waals surface area contributed by atoms with Gasteiger partial charge in [0.15, 0.2) is 11.5 Å². The van der Waals surface area contributed by atoms with Gasteiger partial charge < -0.3 is 25.0 Å². The van der Waals surface area contributed by atoms with E-state index in [-0.39, 0.29) is 29.8 Å². The number of nitrogens with zero attached hydrogens (tertiary/aromatic N) is 1. The molecule has 0 unspecified atom stereocenters. The summed E-state index contributed by atoms with van der Waals surface area (Å²) >= 11 is 6.57. The van der Waals surface area contributed by atoms with E-state index in [4.69, 9.17) is 26.2 Å². The maximum atomic E-state index is 12.9. The van der Waals surface area contributed by atoms with Crippen LogP contribution in [0.5, 0.6) is 17.2 Å². The molecular weight excluding hydrogens is 504 g/mol. The molecule has 0 bridgehead atoms. The van der Waals surface area contributed by atoms with Gasteiger partial charge in [0.05, 0.1) is 31.6 Å². The first-order valence-electron chi connectivity index (χ1n) is 11.9. The minimum absolute atomic E-state index is 0.103. The Hall–Kier alpha value is -4.07. The van der Waals surface area contributed by atoms with Gasteiger partial charge in [0.1, 0.15) is 0 Å². The summed E-state index contributed by atoms with van der Waals surface area (Å²) < 4.78 is 10.4. The first-order chi connectivity index (χ1) is 18.2. The zero-order valence-electron chi connectivity index (χ0n) is 22.0. The molecule has 3 N–H and O–H groups in total. The third-order valence-electron chi connectivity index (χ3n) is 5.64. The van der Waals surface area contributed by atoms with Gasteiger partial charge in [0.2, 0.25) is 11.7 Å². The number of carbonyl (C=O) groups excluding carboxylic acids is 1. The third-order valence-corrected chi connectivity index (χ3v) is 5.97. The first kappa shape index (κ1) is 28.5. The van der Waals surface area contributed by atoms with Crippen LogP contribution in [0.2, 0.25) is 5.02 Å².